The summed E-state index contributed by atoms with van der Waals surface area (Å²) >= 11 is 0. The summed E-state index contributed by atoms with van der Waals surface area (Å²) in [5.41, 5.74) is 10.3. The van der Waals surface area contributed by atoms with Crippen LogP contribution < -0.4 is 11.1 Å². The molecule has 0 spiro atoms. The molecule has 0 amide bonds. The topological polar surface area (TPSA) is 38.0 Å². The van der Waals surface area contributed by atoms with Crippen molar-refractivity contribution in [1.82, 2.24) is 5.32 Å². The zero-order valence-corrected chi connectivity index (χ0v) is 10.5. The Hall–Kier alpha value is -0.860. The molecule has 16 heavy (non-hydrogen) atoms. The number of rotatable bonds is 1. The predicted molar refractivity (Wildman–Crippen MR) is 68.6 cm³/mol. The summed E-state index contributed by atoms with van der Waals surface area (Å²) in [4.78, 5) is 0. The van der Waals surface area contributed by atoms with Gasteiger partial charge in [0.05, 0.1) is 0 Å². The predicted octanol–water partition coefficient (Wildman–Crippen LogP) is 2.13. The van der Waals surface area contributed by atoms with Crippen LogP contribution in [0.15, 0.2) is 18.2 Å². The van der Waals surface area contributed by atoms with Crippen LogP contribution in [0.3, 0.4) is 0 Å². The van der Waals surface area contributed by atoms with Gasteiger partial charge < -0.3 is 11.1 Å². The Bertz CT molecular complexity index is 377. The molecule has 2 heteroatoms. The number of hydrogen-bond acceptors (Lipinski definition) is 2. The third-order valence-corrected chi connectivity index (χ3v) is 3.44. The Labute approximate surface area is 98.2 Å². The van der Waals surface area contributed by atoms with Crippen LogP contribution >= 0.6 is 0 Å². The molecule has 0 bridgehead atoms. The number of nitrogens with one attached hydrogen (secondary N) is 1. The highest BCUT2D eigenvalue weighted by molar-refractivity contribution is 5.39. The Morgan fingerprint density at radius 2 is 2.12 bits per heavy atom. The van der Waals surface area contributed by atoms with E-state index in [0.717, 1.165) is 19.6 Å². The van der Waals surface area contributed by atoms with Gasteiger partial charge in [-0.2, -0.15) is 0 Å². The quantitative estimate of drug-likeness (QED) is 0.758. The van der Waals surface area contributed by atoms with Crippen molar-refractivity contribution in [2.24, 2.45) is 5.73 Å². The maximum atomic E-state index is 5.80. The molecule has 88 valence electrons. The SMILES string of the molecule is CC(C)(C)c1ccc2c(c1)CNCC2CN. The highest BCUT2D eigenvalue weighted by Crippen LogP contribution is 2.29. The average Bonchev–Trinajstić information content (AvgIpc) is 2.26. The summed E-state index contributed by atoms with van der Waals surface area (Å²) < 4.78 is 0. The summed E-state index contributed by atoms with van der Waals surface area (Å²) in [6, 6.07) is 6.87. The van der Waals surface area contributed by atoms with Crippen molar-refractivity contribution in [3.63, 3.8) is 0 Å². The van der Waals surface area contributed by atoms with Crippen molar-refractivity contribution in [3.8, 4) is 0 Å². The summed E-state index contributed by atoms with van der Waals surface area (Å²) in [7, 11) is 0. The zero-order valence-electron chi connectivity index (χ0n) is 10.5. The van der Waals surface area contributed by atoms with Gasteiger partial charge in [-0.3, -0.25) is 0 Å². The van der Waals surface area contributed by atoms with E-state index in [2.05, 4.69) is 44.3 Å². The van der Waals surface area contributed by atoms with Gasteiger partial charge in [-0.05, 0) is 22.1 Å². The molecule has 1 aromatic rings. The molecule has 1 aromatic carbocycles. The average molecular weight is 218 g/mol. The smallest absolute Gasteiger partial charge is 0.0208 e. The number of nitrogens with two attached hydrogens (primary N) is 1. The van der Waals surface area contributed by atoms with Crippen LogP contribution in [-0.4, -0.2) is 13.1 Å². The summed E-state index contributed by atoms with van der Waals surface area (Å²) in [5.74, 6) is 0.484. The summed E-state index contributed by atoms with van der Waals surface area (Å²) in [6.45, 7) is 9.49. The van der Waals surface area contributed by atoms with E-state index >= 15 is 0 Å². The maximum absolute atomic E-state index is 5.80. The highest BCUT2D eigenvalue weighted by Gasteiger charge is 2.21. The molecule has 1 aliphatic heterocycles. The monoisotopic (exact) mass is 218 g/mol. The molecule has 2 nitrogen and oxygen atoms in total. The van der Waals surface area contributed by atoms with Gasteiger partial charge in [-0.15, -0.1) is 0 Å². The van der Waals surface area contributed by atoms with Crippen LogP contribution in [0.1, 0.15) is 43.4 Å². The van der Waals surface area contributed by atoms with Gasteiger partial charge >= 0.3 is 0 Å². The van der Waals surface area contributed by atoms with Crippen molar-refractivity contribution in [2.45, 2.75) is 38.6 Å². The second-order valence-electron chi connectivity index (χ2n) is 5.73. The van der Waals surface area contributed by atoms with Crippen LogP contribution in [0.2, 0.25) is 0 Å². The molecule has 0 radical (unpaired) electrons. The third kappa shape index (κ3) is 2.13. The van der Waals surface area contributed by atoms with Crippen LogP contribution in [0.5, 0.6) is 0 Å². The van der Waals surface area contributed by atoms with Crippen molar-refractivity contribution >= 4 is 0 Å². The van der Waals surface area contributed by atoms with Gasteiger partial charge in [0.25, 0.3) is 0 Å². The number of benzene rings is 1. The van der Waals surface area contributed by atoms with Crippen LogP contribution in [0.4, 0.5) is 0 Å². The highest BCUT2D eigenvalue weighted by atomic mass is 14.9. The molecule has 2 rings (SSSR count). The van der Waals surface area contributed by atoms with Crippen LogP contribution in [-0.2, 0) is 12.0 Å². The minimum Gasteiger partial charge on any atom is -0.330 e. The van der Waals surface area contributed by atoms with E-state index in [-0.39, 0.29) is 5.41 Å². The lowest BCUT2D eigenvalue weighted by atomic mass is 9.82. The standard InChI is InChI=1S/C14H22N2/c1-14(2,3)12-4-5-13-10(6-12)8-16-9-11(13)7-15/h4-6,11,16H,7-9,15H2,1-3H3. The maximum Gasteiger partial charge on any atom is 0.0208 e. The first kappa shape index (κ1) is 11.6. The lowest BCUT2D eigenvalue weighted by Crippen LogP contribution is -2.32. The zero-order chi connectivity index (χ0) is 11.8. The first-order valence-corrected chi connectivity index (χ1v) is 6.06. The van der Waals surface area contributed by atoms with Crippen molar-refractivity contribution in [1.29, 1.82) is 0 Å². The van der Waals surface area contributed by atoms with Gasteiger partial charge in [-0.1, -0.05) is 39.0 Å². The van der Waals surface area contributed by atoms with E-state index in [9.17, 15) is 0 Å². The lowest BCUT2D eigenvalue weighted by molar-refractivity contribution is 0.540. The molecule has 1 unspecified atom stereocenters. The van der Waals surface area contributed by atoms with E-state index < -0.39 is 0 Å². The van der Waals surface area contributed by atoms with Gasteiger partial charge in [0.15, 0.2) is 0 Å². The molecule has 0 saturated heterocycles. The van der Waals surface area contributed by atoms with Crippen LogP contribution in [0.25, 0.3) is 0 Å². The third-order valence-electron chi connectivity index (χ3n) is 3.44. The normalized spacial score (nSPS) is 20.6. The van der Waals surface area contributed by atoms with Gasteiger partial charge in [0, 0.05) is 25.6 Å². The Kier molecular flexibility index (Phi) is 3.04. The van der Waals surface area contributed by atoms with Gasteiger partial charge in [0.2, 0.25) is 0 Å². The van der Waals surface area contributed by atoms with E-state index in [1.165, 1.54) is 16.7 Å². The largest absolute Gasteiger partial charge is 0.330 e. The number of fused-ring (bicyclic) bond motifs is 1. The minimum absolute atomic E-state index is 0.227. The molecule has 3 N–H and O–H groups in total. The molecule has 1 atom stereocenters. The van der Waals surface area contributed by atoms with E-state index in [0.29, 0.717) is 5.92 Å². The molecular weight excluding hydrogens is 196 g/mol. The molecule has 1 aliphatic rings. The van der Waals surface area contributed by atoms with Crippen LogP contribution in [0, 0.1) is 0 Å². The second-order valence-corrected chi connectivity index (χ2v) is 5.73. The number of hydrogen-bond donors (Lipinski definition) is 2. The van der Waals surface area contributed by atoms with Crippen molar-refractivity contribution in [3.05, 3.63) is 34.9 Å². The fraction of sp³-hybridized carbons (Fsp3) is 0.571. The van der Waals surface area contributed by atoms with E-state index in [4.69, 9.17) is 5.73 Å². The summed E-state index contributed by atoms with van der Waals surface area (Å²) in [5, 5.41) is 3.44. The molecule has 0 aromatic heterocycles. The minimum atomic E-state index is 0.227. The Morgan fingerprint density at radius 3 is 2.75 bits per heavy atom. The fourth-order valence-electron chi connectivity index (χ4n) is 2.32. The fourth-order valence-corrected chi connectivity index (χ4v) is 2.32. The van der Waals surface area contributed by atoms with Gasteiger partial charge in [0.1, 0.15) is 0 Å². The Balaban J connectivity index is 2.39. The van der Waals surface area contributed by atoms with Gasteiger partial charge in [-0.25, -0.2) is 0 Å². The molecule has 0 aliphatic carbocycles. The van der Waals surface area contributed by atoms with E-state index in [1.807, 2.05) is 0 Å². The van der Waals surface area contributed by atoms with Crippen molar-refractivity contribution < 1.29 is 0 Å². The molecule has 0 fully saturated rings. The second kappa shape index (κ2) is 4.19. The lowest BCUT2D eigenvalue weighted by Gasteiger charge is -2.28. The first-order chi connectivity index (χ1) is 7.52. The summed E-state index contributed by atoms with van der Waals surface area (Å²) in [6.07, 6.45) is 0. The molecule has 1 heterocycles. The first-order valence-electron chi connectivity index (χ1n) is 6.06. The molecular formula is C14H22N2. The Morgan fingerprint density at radius 1 is 1.38 bits per heavy atom. The van der Waals surface area contributed by atoms with Crippen molar-refractivity contribution in [2.75, 3.05) is 13.1 Å². The molecule has 0 saturated carbocycles. The van der Waals surface area contributed by atoms with E-state index in [1.54, 1.807) is 0 Å².